The Labute approximate surface area is 200 Å². The number of cyclic esters (lactones) is 1. The molecule has 0 aliphatic carbocycles. The van der Waals surface area contributed by atoms with Crippen LogP contribution in [0.25, 0.3) is 22.3 Å². The summed E-state index contributed by atoms with van der Waals surface area (Å²) in [6.45, 7) is 4.73. The number of fused-ring (bicyclic) bond motifs is 5. The highest BCUT2D eigenvalue weighted by Gasteiger charge is 2.45. The zero-order chi connectivity index (χ0) is 25.4. The third-order valence-corrected chi connectivity index (χ3v) is 7.62. The lowest BCUT2D eigenvalue weighted by Crippen LogP contribution is -2.44. The molecular formula is C24H24FN3O6S. The highest BCUT2D eigenvalue weighted by Crippen LogP contribution is 2.42. The van der Waals surface area contributed by atoms with Crippen molar-refractivity contribution in [2.45, 2.75) is 52.0 Å². The van der Waals surface area contributed by atoms with Crippen molar-refractivity contribution in [3.63, 3.8) is 0 Å². The summed E-state index contributed by atoms with van der Waals surface area (Å²) >= 11 is 0. The molecule has 5 rings (SSSR count). The molecule has 2 atom stereocenters. The summed E-state index contributed by atoms with van der Waals surface area (Å²) in [5.41, 5.74) is 0.538. The van der Waals surface area contributed by atoms with E-state index in [1.807, 2.05) is 0 Å². The van der Waals surface area contributed by atoms with Gasteiger partial charge in [0.15, 0.2) is 5.60 Å². The predicted octanol–water partition coefficient (Wildman–Crippen LogP) is 2.14. The van der Waals surface area contributed by atoms with E-state index in [9.17, 15) is 27.5 Å². The molecule has 4 heterocycles. The molecule has 2 aliphatic rings. The molecule has 0 radical (unpaired) electrons. The average molecular weight is 502 g/mol. The van der Waals surface area contributed by atoms with Crippen LogP contribution in [0.4, 0.5) is 4.39 Å². The number of aromatic nitrogens is 2. The Kier molecular flexibility index (Phi) is 5.17. The van der Waals surface area contributed by atoms with E-state index in [1.54, 1.807) is 32.9 Å². The molecule has 35 heavy (non-hydrogen) atoms. The number of hydrogen-bond donors (Lipinski definition) is 2. The maximum Gasteiger partial charge on any atom is 0.343 e. The van der Waals surface area contributed by atoms with E-state index in [-0.39, 0.29) is 30.7 Å². The van der Waals surface area contributed by atoms with Crippen LogP contribution in [-0.4, -0.2) is 35.3 Å². The van der Waals surface area contributed by atoms with Gasteiger partial charge in [0.1, 0.15) is 12.4 Å². The van der Waals surface area contributed by atoms with Gasteiger partial charge in [0.25, 0.3) is 5.56 Å². The number of carbonyl (C=O) groups excluding carboxylic acids is 1. The van der Waals surface area contributed by atoms with Gasteiger partial charge >= 0.3 is 5.97 Å². The van der Waals surface area contributed by atoms with Gasteiger partial charge < -0.3 is 14.4 Å². The summed E-state index contributed by atoms with van der Waals surface area (Å²) in [6.07, 6.45) is 1.05. The lowest BCUT2D eigenvalue weighted by Gasteiger charge is -2.31. The molecule has 2 N–H and O–H groups in total. The fraction of sp³-hybridized carbons (Fsp3) is 0.375. The SMILES string of the molecule is CC[C@@]1(O)C(=O)OCc2c1cc1n(c2=O)Cc2c-1nc1cc(F)c(C)cc1c2[C@H](C)NS(C)(=O)=O. The molecule has 1 aromatic carbocycles. The van der Waals surface area contributed by atoms with Crippen molar-refractivity contribution in [2.75, 3.05) is 6.26 Å². The first-order chi connectivity index (χ1) is 16.4. The number of sulfonamides is 1. The highest BCUT2D eigenvalue weighted by atomic mass is 32.2. The number of hydrogen-bond acceptors (Lipinski definition) is 7. The van der Waals surface area contributed by atoms with Crippen LogP contribution in [0.15, 0.2) is 23.0 Å². The quantitative estimate of drug-likeness (QED) is 0.410. The van der Waals surface area contributed by atoms with E-state index in [1.165, 1.54) is 10.6 Å². The third kappa shape index (κ3) is 3.48. The van der Waals surface area contributed by atoms with E-state index in [2.05, 4.69) is 9.71 Å². The molecule has 0 saturated carbocycles. The van der Waals surface area contributed by atoms with Crippen molar-refractivity contribution in [3.8, 4) is 11.4 Å². The van der Waals surface area contributed by atoms with Crippen molar-refractivity contribution in [1.29, 1.82) is 0 Å². The minimum Gasteiger partial charge on any atom is -0.458 e. The zero-order valence-corrected chi connectivity index (χ0v) is 20.4. The summed E-state index contributed by atoms with van der Waals surface area (Å²) in [6, 6.07) is 3.76. The number of halogens is 1. The number of aryl methyl sites for hydroxylation is 1. The molecule has 11 heteroatoms. The lowest BCUT2D eigenvalue weighted by atomic mass is 9.86. The second-order valence-corrected chi connectivity index (χ2v) is 11.0. The number of esters is 1. The highest BCUT2D eigenvalue weighted by molar-refractivity contribution is 7.88. The number of nitrogens with one attached hydrogen (secondary N) is 1. The van der Waals surface area contributed by atoms with Gasteiger partial charge in [-0.1, -0.05) is 6.92 Å². The smallest absolute Gasteiger partial charge is 0.343 e. The maximum atomic E-state index is 14.5. The molecule has 0 amide bonds. The van der Waals surface area contributed by atoms with Crippen LogP contribution in [0.2, 0.25) is 0 Å². The maximum absolute atomic E-state index is 14.5. The second-order valence-electron chi connectivity index (χ2n) is 9.19. The van der Waals surface area contributed by atoms with E-state index in [0.29, 0.717) is 39.0 Å². The monoisotopic (exact) mass is 501 g/mol. The van der Waals surface area contributed by atoms with Crippen LogP contribution >= 0.6 is 0 Å². The van der Waals surface area contributed by atoms with Gasteiger partial charge in [-0.25, -0.2) is 27.3 Å². The van der Waals surface area contributed by atoms with Crippen LogP contribution in [0.5, 0.6) is 0 Å². The molecule has 0 saturated heterocycles. The summed E-state index contributed by atoms with van der Waals surface area (Å²) in [5.74, 6) is -1.30. The van der Waals surface area contributed by atoms with Crippen LogP contribution in [0, 0.1) is 12.7 Å². The first-order valence-corrected chi connectivity index (χ1v) is 13.0. The number of nitrogens with zero attached hydrogens (tertiary/aromatic N) is 2. The number of rotatable bonds is 4. The molecule has 184 valence electrons. The first kappa shape index (κ1) is 23.6. The summed E-state index contributed by atoms with van der Waals surface area (Å²) in [4.78, 5) is 30.5. The molecule has 3 aromatic rings. The largest absolute Gasteiger partial charge is 0.458 e. The second kappa shape index (κ2) is 7.67. The minimum atomic E-state index is -3.59. The van der Waals surface area contributed by atoms with Gasteiger partial charge in [0.05, 0.1) is 35.3 Å². The van der Waals surface area contributed by atoms with Gasteiger partial charge in [-0.3, -0.25) is 4.79 Å². The summed E-state index contributed by atoms with van der Waals surface area (Å²) < 4.78 is 47.7. The molecule has 0 bridgehead atoms. The van der Waals surface area contributed by atoms with Crippen molar-refractivity contribution in [3.05, 3.63) is 62.2 Å². The Hall–Kier alpha value is -3.15. The van der Waals surface area contributed by atoms with Crippen LogP contribution < -0.4 is 10.3 Å². The van der Waals surface area contributed by atoms with E-state index < -0.39 is 39.0 Å². The van der Waals surface area contributed by atoms with Crippen molar-refractivity contribution >= 4 is 26.9 Å². The summed E-state index contributed by atoms with van der Waals surface area (Å²) in [5, 5.41) is 11.6. The van der Waals surface area contributed by atoms with Crippen molar-refractivity contribution in [2.24, 2.45) is 0 Å². The van der Waals surface area contributed by atoms with Gasteiger partial charge in [-0.05, 0) is 43.5 Å². The third-order valence-electron chi connectivity index (χ3n) is 6.84. The van der Waals surface area contributed by atoms with Gasteiger partial charge in [-0.2, -0.15) is 0 Å². The normalized spacial score (nSPS) is 19.8. The van der Waals surface area contributed by atoms with Crippen LogP contribution in [0.1, 0.15) is 54.1 Å². The first-order valence-electron chi connectivity index (χ1n) is 11.1. The van der Waals surface area contributed by atoms with Crippen LogP contribution in [-0.2, 0) is 38.3 Å². The Morgan fingerprint density at radius 3 is 2.66 bits per heavy atom. The number of aliphatic hydroxyl groups is 1. The molecule has 0 fully saturated rings. The van der Waals surface area contributed by atoms with Gasteiger partial charge in [0.2, 0.25) is 10.0 Å². The number of carbonyl (C=O) groups is 1. The Morgan fingerprint density at radius 2 is 2.00 bits per heavy atom. The average Bonchev–Trinajstić information content (AvgIpc) is 3.13. The molecule has 0 spiro atoms. The molecule has 2 aliphatic heterocycles. The fourth-order valence-corrected chi connectivity index (χ4v) is 5.87. The molecule has 0 unspecified atom stereocenters. The topological polar surface area (TPSA) is 128 Å². The van der Waals surface area contributed by atoms with Crippen molar-refractivity contribution < 1.29 is 27.4 Å². The Balaban J connectivity index is 1.84. The summed E-state index contributed by atoms with van der Waals surface area (Å²) in [7, 11) is -3.59. The zero-order valence-electron chi connectivity index (χ0n) is 19.6. The minimum absolute atomic E-state index is 0.00475. The van der Waals surface area contributed by atoms with E-state index >= 15 is 0 Å². The fourth-order valence-electron chi connectivity index (χ4n) is 5.11. The van der Waals surface area contributed by atoms with Crippen molar-refractivity contribution in [1.82, 2.24) is 14.3 Å². The molecular weight excluding hydrogens is 477 g/mol. The number of pyridine rings is 2. The Bertz CT molecular complexity index is 1610. The van der Waals surface area contributed by atoms with Gasteiger partial charge in [0, 0.05) is 28.6 Å². The number of ether oxygens (including phenoxy) is 1. The lowest BCUT2D eigenvalue weighted by molar-refractivity contribution is -0.172. The number of benzene rings is 1. The van der Waals surface area contributed by atoms with E-state index in [0.717, 1.165) is 6.26 Å². The molecule has 2 aromatic heterocycles. The standard InChI is InChI=1S/C24H24FN3O6S/c1-5-24(31)16-7-19-21-14(9-28(19)22(29)15(16)10-34-23(24)30)20(12(3)27-35(4,32)33)13-6-11(2)17(25)8-18(13)26-21/h6-8,12,27,31H,5,9-10H2,1-4H3/t12-,24-/m0/s1. The predicted molar refractivity (Wildman–Crippen MR) is 126 cm³/mol. The molecule has 9 nitrogen and oxygen atoms in total. The Morgan fingerprint density at radius 1 is 1.29 bits per heavy atom. The van der Waals surface area contributed by atoms with Crippen LogP contribution in [0.3, 0.4) is 0 Å². The van der Waals surface area contributed by atoms with E-state index in [4.69, 9.17) is 4.74 Å². The van der Waals surface area contributed by atoms with Gasteiger partial charge in [-0.15, -0.1) is 0 Å².